The van der Waals surface area contributed by atoms with Crippen molar-refractivity contribution in [2.75, 3.05) is 7.11 Å². The SMILES string of the molecule is COc1cc(CC#N)ccc1-c1cccc(C)c1C. The van der Waals surface area contributed by atoms with E-state index >= 15 is 0 Å². The van der Waals surface area contributed by atoms with Gasteiger partial charge in [-0.15, -0.1) is 0 Å². The van der Waals surface area contributed by atoms with Crippen LogP contribution < -0.4 is 4.74 Å². The van der Waals surface area contributed by atoms with Crippen molar-refractivity contribution in [3.8, 4) is 22.9 Å². The van der Waals surface area contributed by atoms with Gasteiger partial charge in [0, 0.05) is 5.56 Å². The lowest BCUT2D eigenvalue weighted by Crippen LogP contribution is -1.93. The van der Waals surface area contributed by atoms with Crippen molar-refractivity contribution in [3.05, 3.63) is 53.1 Å². The average molecular weight is 251 g/mol. The third kappa shape index (κ3) is 2.61. The predicted octanol–water partition coefficient (Wildman–Crippen LogP) is 4.05. The maximum Gasteiger partial charge on any atom is 0.127 e. The van der Waals surface area contributed by atoms with Crippen molar-refractivity contribution in [3.63, 3.8) is 0 Å². The first kappa shape index (κ1) is 13.2. The Kier molecular flexibility index (Phi) is 3.87. The number of hydrogen-bond acceptors (Lipinski definition) is 2. The van der Waals surface area contributed by atoms with Gasteiger partial charge < -0.3 is 4.74 Å². The summed E-state index contributed by atoms with van der Waals surface area (Å²) in [4.78, 5) is 0. The quantitative estimate of drug-likeness (QED) is 0.824. The molecule has 0 heterocycles. The Hall–Kier alpha value is -2.27. The third-order valence-corrected chi connectivity index (χ3v) is 3.44. The summed E-state index contributed by atoms with van der Waals surface area (Å²) in [6.45, 7) is 4.22. The summed E-state index contributed by atoms with van der Waals surface area (Å²) in [5.74, 6) is 0.821. The molecule has 2 aromatic rings. The Bertz CT molecular complexity index is 638. The van der Waals surface area contributed by atoms with Gasteiger partial charge in [-0.05, 0) is 42.2 Å². The van der Waals surface area contributed by atoms with Gasteiger partial charge in [0.1, 0.15) is 5.75 Å². The summed E-state index contributed by atoms with van der Waals surface area (Å²) >= 11 is 0. The van der Waals surface area contributed by atoms with Crippen LogP contribution >= 0.6 is 0 Å². The van der Waals surface area contributed by atoms with Gasteiger partial charge in [-0.2, -0.15) is 5.26 Å². The fourth-order valence-corrected chi connectivity index (χ4v) is 2.20. The van der Waals surface area contributed by atoms with Crippen molar-refractivity contribution < 1.29 is 4.74 Å². The van der Waals surface area contributed by atoms with Crippen molar-refractivity contribution >= 4 is 0 Å². The fourth-order valence-electron chi connectivity index (χ4n) is 2.20. The van der Waals surface area contributed by atoms with E-state index < -0.39 is 0 Å². The van der Waals surface area contributed by atoms with E-state index in [1.807, 2.05) is 18.2 Å². The van der Waals surface area contributed by atoms with Crippen molar-refractivity contribution in [2.45, 2.75) is 20.3 Å². The number of nitriles is 1. The highest BCUT2D eigenvalue weighted by Gasteiger charge is 2.10. The van der Waals surface area contributed by atoms with Gasteiger partial charge in [-0.3, -0.25) is 0 Å². The van der Waals surface area contributed by atoms with Crippen molar-refractivity contribution in [1.82, 2.24) is 0 Å². The van der Waals surface area contributed by atoms with Crippen molar-refractivity contribution in [1.29, 1.82) is 5.26 Å². The molecule has 0 unspecified atom stereocenters. The van der Waals surface area contributed by atoms with Crippen LogP contribution in [0.4, 0.5) is 0 Å². The van der Waals surface area contributed by atoms with Crippen LogP contribution in [0.5, 0.6) is 5.75 Å². The minimum Gasteiger partial charge on any atom is -0.496 e. The van der Waals surface area contributed by atoms with E-state index in [1.54, 1.807) is 7.11 Å². The summed E-state index contributed by atoms with van der Waals surface area (Å²) in [6, 6.07) is 14.4. The number of rotatable bonds is 3. The molecule has 0 aliphatic carbocycles. The highest BCUT2D eigenvalue weighted by molar-refractivity contribution is 5.74. The molecule has 0 aliphatic rings. The number of aryl methyl sites for hydroxylation is 1. The van der Waals surface area contributed by atoms with Crippen LogP contribution in [0.3, 0.4) is 0 Å². The van der Waals surface area contributed by atoms with Gasteiger partial charge >= 0.3 is 0 Å². The lowest BCUT2D eigenvalue weighted by Gasteiger charge is -2.13. The maximum absolute atomic E-state index is 8.76. The number of methoxy groups -OCH3 is 1. The third-order valence-electron chi connectivity index (χ3n) is 3.44. The maximum atomic E-state index is 8.76. The molecule has 0 amide bonds. The molecule has 0 fully saturated rings. The first-order chi connectivity index (χ1) is 9.17. The average Bonchev–Trinajstić information content (AvgIpc) is 2.42. The monoisotopic (exact) mass is 251 g/mol. The summed E-state index contributed by atoms with van der Waals surface area (Å²) in [7, 11) is 1.67. The molecule has 0 N–H and O–H groups in total. The van der Waals surface area contributed by atoms with Crippen molar-refractivity contribution in [2.24, 2.45) is 0 Å². The molecule has 0 aliphatic heterocycles. The summed E-state index contributed by atoms with van der Waals surface area (Å²) in [6.07, 6.45) is 0.406. The number of nitrogens with zero attached hydrogens (tertiary/aromatic N) is 1. The Morgan fingerprint density at radius 1 is 1.11 bits per heavy atom. The highest BCUT2D eigenvalue weighted by Crippen LogP contribution is 2.34. The van der Waals surface area contributed by atoms with Gasteiger partial charge in [-0.1, -0.05) is 30.3 Å². The van der Waals surface area contributed by atoms with E-state index in [0.29, 0.717) is 6.42 Å². The Labute approximate surface area is 114 Å². The van der Waals surface area contributed by atoms with Crippen LogP contribution in [0.1, 0.15) is 16.7 Å². The van der Waals surface area contributed by atoms with E-state index in [4.69, 9.17) is 10.00 Å². The lowest BCUT2D eigenvalue weighted by atomic mass is 9.95. The van der Waals surface area contributed by atoms with Crippen LogP contribution in [-0.4, -0.2) is 7.11 Å². The molecular formula is C17H17NO. The molecule has 0 saturated heterocycles. The van der Waals surface area contributed by atoms with Gasteiger partial charge in [0.2, 0.25) is 0 Å². The van der Waals surface area contributed by atoms with Gasteiger partial charge in [0.25, 0.3) is 0 Å². The lowest BCUT2D eigenvalue weighted by molar-refractivity contribution is 0.416. The standard InChI is InChI=1S/C17H17NO/c1-12-5-4-6-15(13(12)2)16-8-7-14(9-10-18)11-17(16)19-3/h4-8,11H,9H2,1-3H3. The number of ether oxygens (including phenoxy) is 1. The summed E-state index contributed by atoms with van der Waals surface area (Å²) < 4.78 is 5.47. The summed E-state index contributed by atoms with van der Waals surface area (Å²) in [5.41, 5.74) is 5.76. The van der Waals surface area contributed by atoms with Gasteiger partial charge in [0.05, 0.1) is 19.6 Å². The molecular weight excluding hydrogens is 234 g/mol. The molecule has 96 valence electrons. The first-order valence-corrected chi connectivity index (χ1v) is 6.28. The van der Waals surface area contributed by atoms with Crippen LogP contribution in [0.2, 0.25) is 0 Å². The molecule has 0 aromatic heterocycles. The highest BCUT2D eigenvalue weighted by atomic mass is 16.5. The Morgan fingerprint density at radius 2 is 1.89 bits per heavy atom. The zero-order chi connectivity index (χ0) is 13.8. The smallest absolute Gasteiger partial charge is 0.127 e. The largest absolute Gasteiger partial charge is 0.496 e. The van der Waals surface area contributed by atoms with Crippen LogP contribution in [0, 0.1) is 25.2 Å². The van der Waals surface area contributed by atoms with E-state index in [-0.39, 0.29) is 0 Å². The van der Waals surface area contributed by atoms with Crippen LogP contribution in [0.25, 0.3) is 11.1 Å². The van der Waals surface area contributed by atoms with Gasteiger partial charge in [-0.25, -0.2) is 0 Å². The Balaban J connectivity index is 2.56. The second kappa shape index (κ2) is 5.58. The number of benzene rings is 2. The van der Waals surface area contributed by atoms with Gasteiger partial charge in [0.15, 0.2) is 0 Å². The molecule has 2 heteroatoms. The normalized spacial score (nSPS) is 10.0. The molecule has 2 rings (SSSR count). The zero-order valence-corrected chi connectivity index (χ0v) is 11.5. The Morgan fingerprint density at radius 3 is 2.58 bits per heavy atom. The fraction of sp³-hybridized carbons (Fsp3) is 0.235. The predicted molar refractivity (Wildman–Crippen MR) is 77.2 cm³/mol. The molecule has 2 aromatic carbocycles. The minimum atomic E-state index is 0.406. The molecule has 0 bridgehead atoms. The minimum absolute atomic E-state index is 0.406. The second-order valence-electron chi connectivity index (χ2n) is 4.62. The topological polar surface area (TPSA) is 33.0 Å². The number of hydrogen-bond donors (Lipinski definition) is 0. The zero-order valence-electron chi connectivity index (χ0n) is 11.5. The van der Waals surface area contributed by atoms with E-state index in [9.17, 15) is 0 Å². The molecule has 2 nitrogen and oxygen atoms in total. The molecule has 0 saturated carbocycles. The first-order valence-electron chi connectivity index (χ1n) is 6.28. The van der Waals surface area contributed by atoms with E-state index in [1.165, 1.54) is 16.7 Å². The van der Waals surface area contributed by atoms with E-state index in [2.05, 4.69) is 38.1 Å². The van der Waals surface area contributed by atoms with E-state index in [0.717, 1.165) is 16.9 Å². The van der Waals surface area contributed by atoms with Crippen LogP contribution in [-0.2, 0) is 6.42 Å². The van der Waals surface area contributed by atoms with Crippen LogP contribution in [0.15, 0.2) is 36.4 Å². The molecule has 0 spiro atoms. The molecule has 0 atom stereocenters. The second-order valence-corrected chi connectivity index (χ2v) is 4.62. The molecule has 19 heavy (non-hydrogen) atoms. The molecule has 0 radical (unpaired) electrons. The summed E-state index contributed by atoms with van der Waals surface area (Å²) in [5, 5.41) is 8.76.